The van der Waals surface area contributed by atoms with Gasteiger partial charge < -0.3 is 9.26 Å². The first-order valence-electron chi connectivity index (χ1n) is 10.9. The van der Waals surface area contributed by atoms with Crippen LogP contribution < -0.4 is 14.6 Å². The van der Waals surface area contributed by atoms with Gasteiger partial charge in [-0.3, -0.25) is 4.57 Å². The number of hydrogen-bond donors (Lipinski definition) is 0. The molecule has 0 saturated heterocycles. The molecule has 1 unspecified atom stereocenters. The normalized spacial score (nSPS) is 17.6. The summed E-state index contributed by atoms with van der Waals surface area (Å²) in [5.74, 6) is 1.86. The van der Waals surface area contributed by atoms with Crippen LogP contribution in [0, 0.1) is 6.92 Å². The molecule has 3 nitrogen and oxygen atoms in total. The highest BCUT2D eigenvalue weighted by Crippen LogP contribution is 2.57. The zero-order valence-corrected chi connectivity index (χ0v) is 20.1. The van der Waals surface area contributed by atoms with E-state index in [4.69, 9.17) is 9.26 Å². The van der Waals surface area contributed by atoms with E-state index < -0.39 is 7.37 Å². The van der Waals surface area contributed by atoms with E-state index in [1.54, 1.807) is 0 Å². The zero-order valence-electron chi connectivity index (χ0n) is 19.2. The molecule has 4 heteroatoms. The fourth-order valence-electron chi connectivity index (χ4n) is 4.10. The van der Waals surface area contributed by atoms with Crippen LogP contribution in [0.2, 0.25) is 0 Å². The van der Waals surface area contributed by atoms with E-state index in [0.717, 1.165) is 33.3 Å². The number of hydrogen-bond acceptors (Lipinski definition) is 3. The van der Waals surface area contributed by atoms with Gasteiger partial charge in [0, 0.05) is 11.1 Å². The summed E-state index contributed by atoms with van der Waals surface area (Å²) in [6, 6.07) is 20.1. The van der Waals surface area contributed by atoms with E-state index >= 15 is 0 Å². The third-order valence-corrected chi connectivity index (χ3v) is 7.89. The minimum atomic E-state index is -3.20. The van der Waals surface area contributed by atoms with Gasteiger partial charge in [-0.2, -0.15) is 0 Å². The summed E-state index contributed by atoms with van der Waals surface area (Å²) in [5, 5.41) is 0.781. The molecular formula is C27H31O3P. The minimum Gasteiger partial charge on any atom is -0.488 e. The predicted molar refractivity (Wildman–Crippen MR) is 129 cm³/mol. The van der Waals surface area contributed by atoms with Gasteiger partial charge in [-0.05, 0) is 62.4 Å². The topological polar surface area (TPSA) is 35.5 Å². The molecule has 0 radical (unpaired) electrons. The van der Waals surface area contributed by atoms with Crippen LogP contribution in [0.4, 0.5) is 0 Å². The average molecular weight is 435 g/mol. The van der Waals surface area contributed by atoms with E-state index in [1.165, 1.54) is 5.56 Å². The summed E-state index contributed by atoms with van der Waals surface area (Å²) < 4.78 is 27.1. The molecule has 0 N–H and O–H groups in total. The summed E-state index contributed by atoms with van der Waals surface area (Å²) in [4.78, 5) is 0. The average Bonchev–Trinajstić information content (AvgIpc) is 2.69. The number of aryl methyl sites for hydroxylation is 1. The maximum absolute atomic E-state index is 14.4. The maximum Gasteiger partial charge on any atom is 0.282 e. The van der Waals surface area contributed by atoms with Crippen LogP contribution in [0.3, 0.4) is 0 Å². The van der Waals surface area contributed by atoms with Crippen LogP contribution in [0.1, 0.15) is 57.2 Å². The largest absolute Gasteiger partial charge is 0.488 e. The van der Waals surface area contributed by atoms with Crippen molar-refractivity contribution in [2.24, 2.45) is 0 Å². The Morgan fingerprint density at radius 1 is 0.968 bits per heavy atom. The number of para-hydroxylation sites is 1. The highest BCUT2D eigenvalue weighted by molar-refractivity contribution is 7.67. The Morgan fingerprint density at radius 2 is 1.61 bits per heavy atom. The molecule has 3 aromatic carbocycles. The molecule has 31 heavy (non-hydrogen) atoms. The van der Waals surface area contributed by atoms with Crippen LogP contribution in [0.25, 0.3) is 11.1 Å². The lowest BCUT2D eigenvalue weighted by Crippen LogP contribution is -2.25. The van der Waals surface area contributed by atoms with Gasteiger partial charge >= 0.3 is 0 Å². The second kappa shape index (κ2) is 7.88. The van der Waals surface area contributed by atoms with Crippen LogP contribution >= 0.6 is 7.37 Å². The zero-order chi connectivity index (χ0) is 22.4. The predicted octanol–water partition coefficient (Wildman–Crippen LogP) is 7.46. The number of ether oxygens (including phenoxy) is 1. The van der Waals surface area contributed by atoms with Crippen molar-refractivity contribution in [3.63, 3.8) is 0 Å². The molecule has 0 spiro atoms. The van der Waals surface area contributed by atoms with Crippen LogP contribution in [-0.4, -0.2) is 5.60 Å². The molecule has 3 aromatic rings. The van der Waals surface area contributed by atoms with Gasteiger partial charge in [-0.1, -0.05) is 62.4 Å². The van der Waals surface area contributed by atoms with E-state index in [1.807, 2.05) is 69.3 Å². The number of rotatable bonds is 4. The monoisotopic (exact) mass is 434 g/mol. The first-order valence-corrected chi connectivity index (χ1v) is 12.7. The summed E-state index contributed by atoms with van der Waals surface area (Å²) in [6.45, 7) is 12.5. The van der Waals surface area contributed by atoms with Gasteiger partial charge in [-0.15, -0.1) is 0 Å². The molecule has 1 aliphatic rings. The van der Waals surface area contributed by atoms with Gasteiger partial charge in [-0.25, -0.2) is 0 Å². The maximum atomic E-state index is 14.4. The molecule has 0 aliphatic carbocycles. The first kappa shape index (κ1) is 21.7. The summed E-state index contributed by atoms with van der Waals surface area (Å²) >= 11 is 0. The van der Waals surface area contributed by atoms with Crippen molar-refractivity contribution in [3.05, 3.63) is 77.4 Å². The summed E-state index contributed by atoms with van der Waals surface area (Å²) in [6.07, 6.45) is 0.297. The first-order chi connectivity index (χ1) is 14.6. The van der Waals surface area contributed by atoms with Gasteiger partial charge in [0.25, 0.3) is 7.37 Å². The van der Waals surface area contributed by atoms with Gasteiger partial charge in [0.1, 0.15) is 17.1 Å². The Balaban J connectivity index is 1.86. The van der Waals surface area contributed by atoms with Gasteiger partial charge in [0.05, 0.1) is 11.5 Å². The molecule has 1 aliphatic heterocycles. The van der Waals surface area contributed by atoms with Gasteiger partial charge in [0.15, 0.2) is 0 Å². The minimum absolute atomic E-state index is 0.297. The van der Waals surface area contributed by atoms with Crippen molar-refractivity contribution in [1.29, 1.82) is 0 Å². The molecule has 0 aromatic heterocycles. The molecular weight excluding hydrogens is 403 g/mol. The van der Waals surface area contributed by atoms with Crippen molar-refractivity contribution in [1.82, 2.24) is 0 Å². The van der Waals surface area contributed by atoms with E-state index in [2.05, 4.69) is 32.9 Å². The lowest BCUT2D eigenvalue weighted by atomic mass is 9.97. The number of benzene rings is 3. The molecule has 0 bridgehead atoms. The fourth-order valence-corrected chi connectivity index (χ4v) is 6.47. The molecule has 1 atom stereocenters. The summed E-state index contributed by atoms with van der Waals surface area (Å²) in [7, 11) is -3.20. The SMILES string of the molecule is Cc1cc(C(C)C)cc(CP2(=O)Oc3ccccc3-c3ccccc32)c1OC(C)(C)C. The Hall–Kier alpha value is -2.51. The number of fused-ring (bicyclic) bond motifs is 3. The van der Waals surface area contributed by atoms with E-state index in [-0.39, 0.29) is 5.60 Å². The van der Waals surface area contributed by atoms with Crippen molar-refractivity contribution in [2.45, 2.75) is 59.2 Å². The Morgan fingerprint density at radius 3 is 2.29 bits per heavy atom. The van der Waals surface area contributed by atoms with E-state index in [0.29, 0.717) is 17.8 Å². The fraction of sp³-hybridized carbons (Fsp3) is 0.333. The molecule has 0 saturated carbocycles. The lowest BCUT2D eigenvalue weighted by molar-refractivity contribution is 0.128. The second-order valence-electron chi connectivity index (χ2n) is 9.63. The van der Waals surface area contributed by atoms with Crippen molar-refractivity contribution >= 4 is 12.7 Å². The van der Waals surface area contributed by atoms with Crippen LogP contribution in [-0.2, 0) is 10.7 Å². The highest BCUT2D eigenvalue weighted by Gasteiger charge is 2.37. The van der Waals surface area contributed by atoms with Crippen molar-refractivity contribution in [2.75, 3.05) is 0 Å². The van der Waals surface area contributed by atoms with Crippen LogP contribution in [0.5, 0.6) is 11.5 Å². The summed E-state index contributed by atoms with van der Waals surface area (Å²) in [5.41, 5.74) is 4.84. The Bertz CT molecular complexity index is 1170. The van der Waals surface area contributed by atoms with Crippen molar-refractivity contribution < 1.29 is 13.8 Å². The molecule has 4 rings (SSSR count). The molecule has 162 valence electrons. The lowest BCUT2D eigenvalue weighted by Gasteiger charge is -2.31. The van der Waals surface area contributed by atoms with Crippen LogP contribution in [0.15, 0.2) is 60.7 Å². The van der Waals surface area contributed by atoms with Crippen molar-refractivity contribution in [3.8, 4) is 22.6 Å². The molecule has 1 heterocycles. The Kier molecular flexibility index (Phi) is 5.52. The third-order valence-electron chi connectivity index (χ3n) is 5.52. The molecule has 0 amide bonds. The van der Waals surface area contributed by atoms with E-state index in [9.17, 15) is 4.57 Å². The quantitative estimate of drug-likeness (QED) is 0.400. The molecule has 0 fully saturated rings. The smallest absolute Gasteiger partial charge is 0.282 e. The highest BCUT2D eigenvalue weighted by atomic mass is 31.2. The standard InChI is InChI=1S/C27H31O3P/c1-18(2)20-15-19(3)26(29-27(4,5)6)21(16-20)17-31(28)25-14-10-8-12-23(25)22-11-7-9-13-24(22)30-31/h7-16,18H,17H2,1-6H3. The van der Waals surface area contributed by atoms with Gasteiger partial charge in [0.2, 0.25) is 0 Å². The second-order valence-corrected chi connectivity index (χ2v) is 12.0. The Labute approximate surface area is 185 Å². The third kappa shape index (κ3) is 4.29.